The molecule has 4 aromatic rings. The van der Waals surface area contributed by atoms with E-state index in [0.29, 0.717) is 33.2 Å². The van der Waals surface area contributed by atoms with Gasteiger partial charge >= 0.3 is 0 Å². The molecule has 0 atom stereocenters. The fraction of sp³-hybridized carbons (Fsp3) is 0.158. The molecular formula is C19H16N4O2S. The Balaban J connectivity index is 1.82. The second-order valence-electron chi connectivity index (χ2n) is 6.10. The van der Waals surface area contributed by atoms with Gasteiger partial charge in [0.05, 0.1) is 22.3 Å². The van der Waals surface area contributed by atoms with Crippen molar-refractivity contribution in [1.29, 1.82) is 0 Å². The van der Waals surface area contributed by atoms with Crippen molar-refractivity contribution in [1.82, 2.24) is 15.1 Å². The first-order chi connectivity index (χ1) is 12.5. The molecule has 1 N–H and O–H groups in total. The molecule has 0 aliphatic carbocycles. The Kier molecular flexibility index (Phi) is 4.00. The first-order valence-corrected chi connectivity index (χ1v) is 8.91. The number of thiazole rings is 1. The SMILES string of the molecule is Cc1ccc(-c2cc(C(=O)Nc3ncc(C)s3)c3c(C)noc3n2)cc1. The second kappa shape index (κ2) is 6.34. The summed E-state index contributed by atoms with van der Waals surface area (Å²) in [5, 5.41) is 7.99. The minimum atomic E-state index is -0.258. The predicted molar refractivity (Wildman–Crippen MR) is 102 cm³/mol. The summed E-state index contributed by atoms with van der Waals surface area (Å²) in [6.45, 7) is 5.76. The van der Waals surface area contributed by atoms with Crippen LogP contribution in [0.1, 0.15) is 26.5 Å². The Hall–Kier alpha value is -3.06. The molecule has 1 aromatic carbocycles. The van der Waals surface area contributed by atoms with Gasteiger partial charge in [0.15, 0.2) is 5.13 Å². The molecule has 0 spiro atoms. The van der Waals surface area contributed by atoms with Crippen LogP contribution in [0.4, 0.5) is 5.13 Å². The molecule has 0 unspecified atom stereocenters. The minimum absolute atomic E-state index is 0.258. The number of carbonyl (C=O) groups excluding carboxylic acids is 1. The van der Waals surface area contributed by atoms with Gasteiger partial charge in [0, 0.05) is 16.6 Å². The van der Waals surface area contributed by atoms with Gasteiger partial charge in [0.25, 0.3) is 11.6 Å². The van der Waals surface area contributed by atoms with Crippen molar-refractivity contribution in [2.75, 3.05) is 5.32 Å². The van der Waals surface area contributed by atoms with E-state index >= 15 is 0 Å². The lowest BCUT2D eigenvalue weighted by Crippen LogP contribution is -2.13. The predicted octanol–water partition coefficient (Wildman–Crippen LogP) is 4.52. The molecule has 7 heteroatoms. The Morgan fingerprint density at radius 2 is 1.92 bits per heavy atom. The number of nitrogens with zero attached hydrogens (tertiary/aromatic N) is 3. The molecule has 0 aliphatic rings. The summed E-state index contributed by atoms with van der Waals surface area (Å²) in [5.41, 5.74) is 4.17. The number of hydrogen-bond donors (Lipinski definition) is 1. The van der Waals surface area contributed by atoms with Crippen LogP contribution >= 0.6 is 11.3 Å². The van der Waals surface area contributed by atoms with Crippen molar-refractivity contribution in [2.24, 2.45) is 0 Å². The number of benzene rings is 1. The van der Waals surface area contributed by atoms with Crippen LogP contribution in [-0.2, 0) is 0 Å². The van der Waals surface area contributed by atoms with Crippen LogP contribution in [0.5, 0.6) is 0 Å². The molecule has 0 fully saturated rings. The third-order valence-electron chi connectivity index (χ3n) is 4.05. The Morgan fingerprint density at radius 1 is 1.15 bits per heavy atom. The molecular weight excluding hydrogens is 348 g/mol. The summed E-state index contributed by atoms with van der Waals surface area (Å²) in [4.78, 5) is 22.6. The van der Waals surface area contributed by atoms with Gasteiger partial charge in [-0.3, -0.25) is 10.1 Å². The fourth-order valence-corrected chi connectivity index (χ4v) is 3.38. The maximum atomic E-state index is 12.9. The normalized spacial score (nSPS) is 11.0. The summed E-state index contributed by atoms with van der Waals surface area (Å²) in [5.74, 6) is -0.258. The van der Waals surface area contributed by atoms with Crippen LogP contribution in [0.25, 0.3) is 22.4 Å². The van der Waals surface area contributed by atoms with Crippen LogP contribution in [-0.4, -0.2) is 21.0 Å². The lowest BCUT2D eigenvalue weighted by molar-refractivity contribution is 0.102. The summed E-state index contributed by atoms with van der Waals surface area (Å²) < 4.78 is 5.33. The zero-order chi connectivity index (χ0) is 18.3. The number of fused-ring (bicyclic) bond motifs is 1. The van der Waals surface area contributed by atoms with Gasteiger partial charge in [0.2, 0.25) is 0 Å². The topological polar surface area (TPSA) is 80.9 Å². The number of hydrogen-bond acceptors (Lipinski definition) is 6. The summed E-state index contributed by atoms with van der Waals surface area (Å²) in [7, 11) is 0. The standard InChI is InChI=1S/C19H16N4O2S/c1-10-4-6-13(7-5-10)15-8-14(16-12(3)23-25-18(16)21-15)17(24)22-19-20-9-11(2)26-19/h4-9H,1-3H3,(H,20,22,24). The van der Waals surface area contributed by atoms with E-state index in [1.54, 1.807) is 19.2 Å². The lowest BCUT2D eigenvalue weighted by atomic mass is 10.0. The van der Waals surface area contributed by atoms with Crippen LogP contribution in [0.3, 0.4) is 0 Å². The minimum Gasteiger partial charge on any atom is -0.335 e. The molecule has 0 saturated carbocycles. The number of rotatable bonds is 3. The largest absolute Gasteiger partial charge is 0.335 e. The molecule has 4 rings (SSSR count). The number of pyridine rings is 1. The van der Waals surface area contributed by atoms with Crippen molar-refractivity contribution in [3.63, 3.8) is 0 Å². The van der Waals surface area contributed by atoms with E-state index in [4.69, 9.17) is 4.52 Å². The van der Waals surface area contributed by atoms with Gasteiger partial charge in [0.1, 0.15) is 0 Å². The highest BCUT2D eigenvalue weighted by molar-refractivity contribution is 7.15. The summed E-state index contributed by atoms with van der Waals surface area (Å²) >= 11 is 1.43. The van der Waals surface area contributed by atoms with Crippen molar-refractivity contribution >= 4 is 33.5 Å². The molecule has 0 aliphatic heterocycles. The van der Waals surface area contributed by atoms with Crippen molar-refractivity contribution in [2.45, 2.75) is 20.8 Å². The van der Waals surface area contributed by atoms with E-state index in [1.807, 2.05) is 38.1 Å². The first kappa shape index (κ1) is 16.4. The quantitative estimate of drug-likeness (QED) is 0.578. The molecule has 3 heterocycles. The van der Waals surface area contributed by atoms with E-state index in [9.17, 15) is 4.79 Å². The Morgan fingerprint density at radius 3 is 2.62 bits per heavy atom. The molecule has 0 radical (unpaired) electrons. The molecule has 0 saturated heterocycles. The second-order valence-corrected chi connectivity index (χ2v) is 7.33. The third kappa shape index (κ3) is 2.97. The molecule has 3 aromatic heterocycles. The van der Waals surface area contributed by atoms with Gasteiger partial charge < -0.3 is 4.52 Å². The highest BCUT2D eigenvalue weighted by Gasteiger charge is 2.20. The van der Waals surface area contributed by atoms with Gasteiger partial charge in [-0.15, -0.1) is 11.3 Å². The van der Waals surface area contributed by atoms with E-state index in [1.165, 1.54) is 11.3 Å². The summed E-state index contributed by atoms with van der Waals surface area (Å²) in [6.07, 6.45) is 1.73. The van der Waals surface area contributed by atoms with Gasteiger partial charge in [-0.25, -0.2) is 9.97 Å². The average Bonchev–Trinajstić information content (AvgIpc) is 3.20. The molecule has 130 valence electrons. The third-order valence-corrected chi connectivity index (χ3v) is 4.88. The maximum Gasteiger partial charge on any atom is 0.259 e. The van der Waals surface area contributed by atoms with Crippen molar-refractivity contribution < 1.29 is 9.32 Å². The number of amides is 1. The molecule has 26 heavy (non-hydrogen) atoms. The van der Waals surface area contributed by atoms with Crippen LogP contribution in [0.2, 0.25) is 0 Å². The summed E-state index contributed by atoms with van der Waals surface area (Å²) in [6, 6.07) is 9.72. The van der Waals surface area contributed by atoms with E-state index < -0.39 is 0 Å². The number of aromatic nitrogens is 3. The van der Waals surface area contributed by atoms with Crippen LogP contribution in [0.15, 0.2) is 41.1 Å². The molecule has 6 nitrogen and oxygen atoms in total. The highest BCUT2D eigenvalue weighted by atomic mass is 32.1. The van der Waals surface area contributed by atoms with Crippen LogP contribution in [0, 0.1) is 20.8 Å². The van der Waals surface area contributed by atoms with E-state index in [-0.39, 0.29) is 5.91 Å². The van der Waals surface area contributed by atoms with Gasteiger partial charge in [-0.1, -0.05) is 35.0 Å². The highest BCUT2D eigenvalue weighted by Crippen LogP contribution is 2.28. The number of anilines is 1. The number of carbonyl (C=O) groups is 1. The zero-order valence-corrected chi connectivity index (χ0v) is 15.3. The monoisotopic (exact) mass is 364 g/mol. The van der Waals surface area contributed by atoms with Crippen molar-refractivity contribution in [3.05, 3.63) is 58.2 Å². The number of aryl methyl sites for hydroxylation is 3. The average molecular weight is 364 g/mol. The number of nitrogens with one attached hydrogen (secondary N) is 1. The van der Waals surface area contributed by atoms with Crippen LogP contribution < -0.4 is 5.32 Å². The smallest absolute Gasteiger partial charge is 0.259 e. The van der Waals surface area contributed by atoms with E-state index in [0.717, 1.165) is 16.0 Å². The maximum absolute atomic E-state index is 12.9. The van der Waals surface area contributed by atoms with E-state index in [2.05, 4.69) is 20.4 Å². The Bertz CT molecular complexity index is 1110. The van der Waals surface area contributed by atoms with Gasteiger partial charge in [-0.2, -0.15) is 0 Å². The Labute approximate surface area is 153 Å². The molecule has 0 bridgehead atoms. The molecule has 1 amide bonds. The first-order valence-electron chi connectivity index (χ1n) is 8.09. The lowest BCUT2D eigenvalue weighted by Gasteiger charge is -2.07. The van der Waals surface area contributed by atoms with Crippen molar-refractivity contribution in [3.8, 4) is 11.3 Å². The van der Waals surface area contributed by atoms with Gasteiger partial charge in [-0.05, 0) is 26.8 Å². The fourth-order valence-electron chi connectivity index (χ4n) is 2.72. The zero-order valence-electron chi connectivity index (χ0n) is 14.5.